The summed E-state index contributed by atoms with van der Waals surface area (Å²) in [5.74, 6) is 0.863. The molecule has 6 nitrogen and oxygen atoms in total. The molecule has 0 saturated carbocycles. The largest absolute Gasteiger partial charge is 0.454 e. The van der Waals surface area contributed by atoms with Gasteiger partial charge >= 0.3 is 0 Å². The molecule has 0 radical (unpaired) electrons. The van der Waals surface area contributed by atoms with Crippen molar-refractivity contribution in [1.82, 2.24) is 0 Å². The minimum Gasteiger partial charge on any atom is -0.454 e. The third-order valence-corrected chi connectivity index (χ3v) is 5.23. The molecule has 2 amide bonds. The maximum absolute atomic E-state index is 12.3. The number of hydrogen-bond donors (Lipinski definition) is 2. The van der Waals surface area contributed by atoms with Crippen molar-refractivity contribution in [1.29, 1.82) is 0 Å². The van der Waals surface area contributed by atoms with Gasteiger partial charge < -0.3 is 20.1 Å². The Kier molecular flexibility index (Phi) is 4.44. The van der Waals surface area contributed by atoms with Gasteiger partial charge in [-0.05, 0) is 35.7 Å². The van der Waals surface area contributed by atoms with Crippen molar-refractivity contribution in [2.75, 3.05) is 17.4 Å². The van der Waals surface area contributed by atoms with Crippen molar-refractivity contribution in [3.8, 4) is 11.5 Å². The van der Waals surface area contributed by atoms with Gasteiger partial charge in [-0.3, -0.25) is 9.59 Å². The first kappa shape index (κ1) is 17.7. The highest BCUT2D eigenvalue weighted by Crippen LogP contribution is 2.46. The molecule has 2 aromatic rings. The van der Waals surface area contributed by atoms with Crippen molar-refractivity contribution in [3.63, 3.8) is 0 Å². The number of anilines is 2. The molecule has 4 rings (SSSR count). The molecule has 2 aromatic carbocycles. The zero-order chi connectivity index (χ0) is 19.1. The fourth-order valence-electron chi connectivity index (χ4n) is 3.47. The number of rotatable bonds is 3. The van der Waals surface area contributed by atoms with Crippen LogP contribution in [0.3, 0.4) is 0 Å². The van der Waals surface area contributed by atoms with Crippen LogP contribution >= 0.6 is 11.6 Å². The summed E-state index contributed by atoms with van der Waals surface area (Å²) >= 11 is 6.49. The molecule has 2 aliphatic rings. The third kappa shape index (κ3) is 3.21. The molecule has 0 aliphatic carbocycles. The Labute approximate surface area is 161 Å². The highest BCUT2D eigenvalue weighted by atomic mass is 35.5. The molecule has 2 heterocycles. The number of carbonyl (C=O) groups excluding carboxylic acids is 2. The normalized spacial score (nSPS) is 17.3. The SMILES string of the molecule is CCC(=O)Nc1cc2c(cc1C)C(c1cc3c(cc1Cl)OCO3)CC(=O)N2. The summed E-state index contributed by atoms with van der Waals surface area (Å²) in [5.41, 5.74) is 4.08. The number of fused-ring (bicyclic) bond motifs is 2. The average molecular weight is 387 g/mol. The molecule has 2 aliphatic heterocycles. The maximum atomic E-state index is 12.3. The third-order valence-electron chi connectivity index (χ3n) is 4.90. The minimum absolute atomic E-state index is 0.0736. The van der Waals surface area contributed by atoms with Crippen LogP contribution in [0.15, 0.2) is 24.3 Å². The van der Waals surface area contributed by atoms with E-state index in [2.05, 4.69) is 10.6 Å². The van der Waals surface area contributed by atoms with E-state index in [4.69, 9.17) is 21.1 Å². The van der Waals surface area contributed by atoms with E-state index in [1.54, 1.807) is 13.0 Å². The van der Waals surface area contributed by atoms with Crippen LogP contribution in [0.5, 0.6) is 11.5 Å². The number of benzene rings is 2. The lowest BCUT2D eigenvalue weighted by molar-refractivity contribution is -0.117. The lowest BCUT2D eigenvalue weighted by atomic mass is 9.83. The number of hydrogen-bond acceptors (Lipinski definition) is 4. The van der Waals surface area contributed by atoms with Crippen LogP contribution in [0.2, 0.25) is 5.02 Å². The summed E-state index contributed by atoms with van der Waals surface area (Å²) in [4.78, 5) is 24.1. The van der Waals surface area contributed by atoms with Gasteiger partial charge in [0.25, 0.3) is 0 Å². The minimum atomic E-state index is -0.203. The van der Waals surface area contributed by atoms with Gasteiger partial charge in [-0.2, -0.15) is 0 Å². The Morgan fingerprint density at radius 2 is 1.96 bits per heavy atom. The number of nitrogens with one attached hydrogen (secondary N) is 2. The second-order valence-corrected chi connectivity index (χ2v) is 7.10. The van der Waals surface area contributed by atoms with E-state index < -0.39 is 0 Å². The highest BCUT2D eigenvalue weighted by molar-refractivity contribution is 6.31. The average Bonchev–Trinajstić information content (AvgIpc) is 3.08. The Morgan fingerprint density at radius 1 is 1.22 bits per heavy atom. The molecule has 1 atom stereocenters. The molecular formula is C20H19ClN2O4. The molecule has 27 heavy (non-hydrogen) atoms. The predicted octanol–water partition coefficient (Wildman–Crippen LogP) is 4.20. The van der Waals surface area contributed by atoms with Gasteiger partial charge in [0.2, 0.25) is 18.6 Å². The monoisotopic (exact) mass is 386 g/mol. The molecule has 2 N–H and O–H groups in total. The Hall–Kier alpha value is -2.73. The van der Waals surface area contributed by atoms with Gasteiger partial charge in [-0.1, -0.05) is 24.6 Å². The van der Waals surface area contributed by atoms with Gasteiger partial charge in [0.1, 0.15) is 0 Å². The molecule has 1 unspecified atom stereocenters. The number of carbonyl (C=O) groups is 2. The zero-order valence-electron chi connectivity index (χ0n) is 15.0. The van der Waals surface area contributed by atoms with Gasteiger partial charge in [0.15, 0.2) is 11.5 Å². The fraction of sp³-hybridized carbons (Fsp3) is 0.300. The van der Waals surface area contributed by atoms with Crippen molar-refractivity contribution in [2.45, 2.75) is 32.6 Å². The van der Waals surface area contributed by atoms with Crippen LogP contribution < -0.4 is 20.1 Å². The molecule has 7 heteroatoms. The molecule has 0 fully saturated rings. The number of ether oxygens (including phenoxy) is 2. The van der Waals surface area contributed by atoms with Crippen molar-refractivity contribution in [2.24, 2.45) is 0 Å². The molecule has 0 bridgehead atoms. The van der Waals surface area contributed by atoms with Crippen LogP contribution in [0, 0.1) is 6.92 Å². The first-order chi connectivity index (χ1) is 13.0. The summed E-state index contributed by atoms with van der Waals surface area (Å²) in [5, 5.41) is 6.31. The van der Waals surface area contributed by atoms with E-state index in [9.17, 15) is 9.59 Å². The molecule has 0 spiro atoms. The molecular weight excluding hydrogens is 368 g/mol. The van der Waals surface area contributed by atoms with Crippen LogP contribution in [0.4, 0.5) is 11.4 Å². The zero-order valence-corrected chi connectivity index (χ0v) is 15.8. The van der Waals surface area contributed by atoms with Crippen molar-refractivity contribution in [3.05, 3.63) is 46.0 Å². The van der Waals surface area contributed by atoms with E-state index in [0.29, 0.717) is 34.3 Å². The maximum Gasteiger partial charge on any atom is 0.231 e. The highest BCUT2D eigenvalue weighted by Gasteiger charge is 2.30. The van der Waals surface area contributed by atoms with E-state index >= 15 is 0 Å². The second-order valence-electron chi connectivity index (χ2n) is 6.69. The van der Waals surface area contributed by atoms with Crippen LogP contribution in [0.25, 0.3) is 0 Å². The summed E-state index contributed by atoms with van der Waals surface area (Å²) in [6.07, 6.45) is 0.671. The van der Waals surface area contributed by atoms with Gasteiger partial charge in [0.05, 0.1) is 0 Å². The quantitative estimate of drug-likeness (QED) is 0.828. The van der Waals surface area contributed by atoms with Gasteiger partial charge in [-0.15, -0.1) is 0 Å². The predicted molar refractivity (Wildman–Crippen MR) is 103 cm³/mol. The number of aryl methyl sites for hydroxylation is 1. The lowest BCUT2D eigenvalue weighted by Gasteiger charge is -2.28. The van der Waals surface area contributed by atoms with E-state index in [1.165, 1.54) is 0 Å². The number of halogens is 1. The first-order valence-electron chi connectivity index (χ1n) is 8.79. The smallest absolute Gasteiger partial charge is 0.231 e. The Morgan fingerprint density at radius 3 is 2.70 bits per heavy atom. The summed E-state index contributed by atoms with van der Waals surface area (Å²) in [6, 6.07) is 7.38. The summed E-state index contributed by atoms with van der Waals surface area (Å²) < 4.78 is 10.8. The lowest BCUT2D eigenvalue weighted by Crippen LogP contribution is -2.24. The summed E-state index contributed by atoms with van der Waals surface area (Å²) in [6.45, 7) is 3.89. The van der Waals surface area contributed by atoms with E-state index in [1.807, 2.05) is 25.1 Å². The van der Waals surface area contributed by atoms with Gasteiger partial charge in [0, 0.05) is 41.2 Å². The second kappa shape index (κ2) is 6.78. The fourth-order valence-corrected chi connectivity index (χ4v) is 3.76. The van der Waals surface area contributed by atoms with Crippen LogP contribution in [-0.2, 0) is 9.59 Å². The first-order valence-corrected chi connectivity index (χ1v) is 9.17. The van der Waals surface area contributed by atoms with Crippen molar-refractivity contribution >= 4 is 34.8 Å². The van der Waals surface area contributed by atoms with Gasteiger partial charge in [-0.25, -0.2) is 0 Å². The van der Waals surface area contributed by atoms with Crippen LogP contribution in [0.1, 0.15) is 42.4 Å². The van der Waals surface area contributed by atoms with Crippen LogP contribution in [-0.4, -0.2) is 18.6 Å². The number of amides is 2. The topological polar surface area (TPSA) is 76.7 Å². The molecule has 140 valence electrons. The standard InChI is InChI=1S/C20H19ClN2O4/c1-3-19(24)22-15-8-16-13(4-10(15)2)11(6-20(25)23-16)12-5-17-18(7-14(12)21)27-9-26-17/h4-5,7-8,11H,3,6,9H2,1-2H3,(H,22,24)(H,23,25). The Balaban J connectivity index is 1.78. The summed E-state index contributed by atoms with van der Waals surface area (Å²) in [7, 11) is 0. The van der Waals surface area contributed by atoms with Crippen molar-refractivity contribution < 1.29 is 19.1 Å². The van der Waals surface area contributed by atoms with E-state index in [0.717, 1.165) is 16.7 Å². The molecule has 0 aromatic heterocycles. The van der Waals surface area contributed by atoms with E-state index in [-0.39, 0.29) is 30.9 Å². The Bertz CT molecular complexity index is 957. The molecule has 0 saturated heterocycles.